The maximum atomic E-state index is 14.3. The van der Waals surface area contributed by atoms with Gasteiger partial charge in [-0.15, -0.1) is 0 Å². The summed E-state index contributed by atoms with van der Waals surface area (Å²) in [6, 6.07) is 2.42. The number of anilines is 3. The molecule has 0 aliphatic heterocycles. The average molecular weight is 512 g/mol. The fourth-order valence-corrected chi connectivity index (χ4v) is 3.01. The molecule has 0 unspecified atom stereocenters. The molecule has 4 N–H and O–H groups in total. The van der Waals surface area contributed by atoms with E-state index in [0.29, 0.717) is 0 Å². The molecule has 0 saturated heterocycles. The number of carbonyl (C=O) groups is 1. The Bertz CT molecular complexity index is 1050. The highest BCUT2D eigenvalue weighted by Crippen LogP contribution is 2.55. The van der Waals surface area contributed by atoms with Crippen molar-refractivity contribution in [1.29, 1.82) is 0 Å². The molecule has 0 spiro atoms. The number of nitrogens with two attached hydrogens (primary N) is 1. The molecule has 0 saturated carbocycles. The van der Waals surface area contributed by atoms with Gasteiger partial charge in [0.15, 0.2) is 0 Å². The van der Waals surface area contributed by atoms with Crippen LogP contribution in [0.3, 0.4) is 0 Å². The van der Waals surface area contributed by atoms with Crippen molar-refractivity contribution in [2.24, 2.45) is 0 Å². The van der Waals surface area contributed by atoms with Gasteiger partial charge in [0.2, 0.25) is 0 Å². The monoisotopic (exact) mass is 511 g/mol. The van der Waals surface area contributed by atoms with Gasteiger partial charge in [-0.1, -0.05) is 11.6 Å². The molecular formula is C18H12ClF10N3O. The van der Waals surface area contributed by atoms with E-state index in [1.54, 1.807) is 5.32 Å². The highest BCUT2D eigenvalue weighted by atomic mass is 35.5. The number of hydrogen-bond donors (Lipinski definition) is 3. The van der Waals surface area contributed by atoms with Crippen LogP contribution in [0.4, 0.5) is 61.0 Å². The van der Waals surface area contributed by atoms with Crippen molar-refractivity contribution in [2.75, 3.05) is 23.4 Å². The van der Waals surface area contributed by atoms with Crippen molar-refractivity contribution in [2.45, 2.75) is 24.2 Å². The number of rotatable bonds is 4. The van der Waals surface area contributed by atoms with Crippen molar-refractivity contribution in [3.8, 4) is 0 Å². The lowest BCUT2D eigenvalue weighted by Crippen LogP contribution is -2.50. The van der Waals surface area contributed by atoms with Crippen LogP contribution in [0.15, 0.2) is 30.3 Å². The largest absolute Gasteiger partial charge is 0.435 e. The van der Waals surface area contributed by atoms with E-state index in [2.05, 4.69) is 5.32 Å². The van der Waals surface area contributed by atoms with E-state index in [4.69, 9.17) is 17.3 Å². The maximum absolute atomic E-state index is 14.3. The van der Waals surface area contributed by atoms with Gasteiger partial charge in [-0.3, -0.25) is 4.79 Å². The summed E-state index contributed by atoms with van der Waals surface area (Å²) in [6.45, 7) is 0. The molecule has 2 aromatic carbocycles. The van der Waals surface area contributed by atoms with E-state index >= 15 is 0 Å². The van der Waals surface area contributed by atoms with Crippen LogP contribution in [-0.2, 0) is 11.8 Å². The van der Waals surface area contributed by atoms with Crippen molar-refractivity contribution in [1.82, 2.24) is 0 Å². The molecule has 0 heterocycles. The van der Waals surface area contributed by atoms with Crippen LogP contribution in [0.25, 0.3) is 0 Å². The van der Waals surface area contributed by atoms with E-state index in [9.17, 15) is 48.7 Å². The second-order valence-corrected chi connectivity index (χ2v) is 6.95. The van der Waals surface area contributed by atoms with Gasteiger partial charge in [0, 0.05) is 18.2 Å². The Morgan fingerprint density at radius 1 is 0.909 bits per heavy atom. The van der Waals surface area contributed by atoms with Gasteiger partial charge < -0.3 is 16.4 Å². The van der Waals surface area contributed by atoms with Gasteiger partial charge >= 0.3 is 24.2 Å². The number of nitrogens with one attached hydrogen (secondary N) is 2. The topological polar surface area (TPSA) is 67.2 Å². The summed E-state index contributed by atoms with van der Waals surface area (Å²) in [4.78, 5) is 12.4. The number of amides is 1. The van der Waals surface area contributed by atoms with E-state index < -0.39 is 58.0 Å². The first kappa shape index (κ1) is 26.4. The standard InChI is InChI=1S/C18H12ClF10N3O/c1-31-12-4-7(2-3-11(12)30)14(33)32-13-9(16(21,22)23)5-8(6-10(13)19)15(20,17(24,25)26)18(27,28)29/h2-6,31H,30H2,1H3,(H,32,33). The summed E-state index contributed by atoms with van der Waals surface area (Å²) in [7, 11) is 1.41. The minimum atomic E-state index is -6.67. The zero-order valence-electron chi connectivity index (χ0n) is 16.0. The predicted octanol–water partition coefficient (Wildman–Crippen LogP) is 6.52. The van der Waals surface area contributed by atoms with Crippen LogP contribution in [-0.4, -0.2) is 25.3 Å². The molecule has 0 bridgehead atoms. The molecule has 33 heavy (non-hydrogen) atoms. The van der Waals surface area contributed by atoms with Crippen LogP contribution in [0, 0.1) is 0 Å². The second kappa shape index (κ2) is 8.47. The SMILES string of the molecule is CNc1cc(C(=O)Nc2c(Cl)cc(C(F)(C(F)(F)F)C(F)(F)F)cc2C(F)(F)F)ccc1N. The molecule has 1 amide bonds. The van der Waals surface area contributed by atoms with E-state index in [1.165, 1.54) is 13.1 Å². The third kappa shape index (κ3) is 4.89. The average Bonchev–Trinajstić information content (AvgIpc) is 2.66. The van der Waals surface area contributed by atoms with Crippen LogP contribution < -0.4 is 16.4 Å². The molecule has 0 aliphatic rings. The Morgan fingerprint density at radius 2 is 1.45 bits per heavy atom. The van der Waals surface area contributed by atoms with Gasteiger partial charge in [-0.05, 0) is 30.3 Å². The molecular weight excluding hydrogens is 500 g/mol. The lowest BCUT2D eigenvalue weighted by atomic mass is 9.91. The number of nitrogen functional groups attached to an aromatic ring is 1. The quantitative estimate of drug-likeness (QED) is 0.323. The molecule has 0 atom stereocenters. The van der Waals surface area contributed by atoms with Gasteiger partial charge in [0.05, 0.1) is 27.6 Å². The van der Waals surface area contributed by atoms with Gasteiger partial charge in [-0.25, -0.2) is 4.39 Å². The van der Waals surface area contributed by atoms with Crippen molar-refractivity contribution >= 4 is 34.6 Å². The molecule has 182 valence electrons. The number of hydrogen-bond acceptors (Lipinski definition) is 3. The molecule has 0 aliphatic carbocycles. The normalized spacial score (nSPS) is 13.1. The summed E-state index contributed by atoms with van der Waals surface area (Å²) in [5, 5.41) is 2.86. The van der Waals surface area contributed by atoms with E-state index in [-0.39, 0.29) is 23.0 Å². The minimum Gasteiger partial charge on any atom is -0.397 e. The maximum Gasteiger partial charge on any atom is 0.435 e. The van der Waals surface area contributed by atoms with E-state index in [1.807, 2.05) is 0 Å². The van der Waals surface area contributed by atoms with Crippen LogP contribution in [0.5, 0.6) is 0 Å². The number of alkyl halides is 10. The minimum absolute atomic E-state index is 0.158. The first-order chi connectivity index (χ1) is 14.8. The van der Waals surface area contributed by atoms with Crippen LogP contribution in [0.2, 0.25) is 5.02 Å². The predicted molar refractivity (Wildman–Crippen MR) is 99.7 cm³/mol. The Kier molecular flexibility index (Phi) is 6.76. The second-order valence-electron chi connectivity index (χ2n) is 6.54. The zero-order valence-corrected chi connectivity index (χ0v) is 16.8. The van der Waals surface area contributed by atoms with Crippen molar-refractivity contribution in [3.05, 3.63) is 52.0 Å². The summed E-state index contributed by atoms with van der Waals surface area (Å²) in [6.07, 6.45) is -19.0. The third-order valence-electron chi connectivity index (χ3n) is 4.40. The van der Waals surface area contributed by atoms with Gasteiger partial charge in [0.25, 0.3) is 5.91 Å². The molecule has 0 fully saturated rings. The summed E-state index contributed by atoms with van der Waals surface area (Å²) in [5.74, 6) is -1.26. The summed E-state index contributed by atoms with van der Waals surface area (Å²) in [5.41, 5.74) is -6.54. The fourth-order valence-electron chi connectivity index (χ4n) is 2.74. The van der Waals surface area contributed by atoms with E-state index in [0.717, 1.165) is 12.1 Å². The number of carbonyl (C=O) groups excluding carboxylic acids is 1. The number of benzene rings is 2. The first-order valence-electron chi connectivity index (χ1n) is 8.46. The zero-order chi connectivity index (χ0) is 25.6. The molecule has 0 aromatic heterocycles. The molecule has 0 radical (unpaired) electrons. The Morgan fingerprint density at radius 3 is 1.91 bits per heavy atom. The Balaban J connectivity index is 2.68. The molecule has 2 rings (SSSR count). The molecule has 15 heteroatoms. The van der Waals surface area contributed by atoms with Crippen LogP contribution >= 0.6 is 11.6 Å². The fraction of sp³-hybridized carbons (Fsp3) is 0.278. The highest BCUT2D eigenvalue weighted by Gasteiger charge is 2.73. The lowest BCUT2D eigenvalue weighted by molar-refractivity contribution is -0.348. The Hall–Kier alpha value is -2.90. The van der Waals surface area contributed by atoms with Crippen molar-refractivity contribution in [3.63, 3.8) is 0 Å². The Labute approximate surface area is 183 Å². The molecule has 2 aromatic rings. The van der Waals surface area contributed by atoms with Crippen LogP contribution in [0.1, 0.15) is 21.5 Å². The number of halogens is 11. The summed E-state index contributed by atoms with van der Waals surface area (Å²) >= 11 is 5.51. The smallest absolute Gasteiger partial charge is 0.397 e. The molecule has 4 nitrogen and oxygen atoms in total. The lowest BCUT2D eigenvalue weighted by Gasteiger charge is -2.31. The first-order valence-corrected chi connectivity index (χ1v) is 8.84. The summed E-state index contributed by atoms with van der Waals surface area (Å²) < 4.78 is 133. The van der Waals surface area contributed by atoms with Crippen molar-refractivity contribution < 1.29 is 48.7 Å². The highest BCUT2D eigenvalue weighted by molar-refractivity contribution is 6.34. The third-order valence-corrected chi connectivity index (χ3v) is 4.70. The van der Waals surface area contributed by atoms with Gasteiger partial charge in [-0.2, -0.15) is 39.5 Å². The van der Waals surface area contributed by atoms with Gasteiger partial charge in [0.1, 0.15) is 0 Å².